The summed E-state index contributed by atoms with van der Waals surface area (Å²) < 4.78 is 0. The quantitative estimate of drug-likeness (QED) is 0.505. The first-order chi connectivity index (χ1) is 17.9. The van der Waals surface area contributed by atoms with Gasteiger partial charge in [0, 0.05) is 61.4 Å². The number of hydrogen-bond donors (Lipinski definition) is 2. The van der Waals surface area contributed by atoms with Crippen molar-refractivity contribution in [1.29, 1.82) is 0 Å². The summed E-state index contributed by atoms with van der Waals surface area (Å²) in [4.78, 5) is 32.6. The van der Waals surface area contributed by atoms with Gasteiger partial charge in [0.25, 0.3) is 0 Å². The van der Waals surface area contributed by atoms with Crippen LogP contribution in [0.1, 0.15) is 24.5 Å². The number of benzene rings is 2. The number of para-hydroxylation sites is 1. The third-order valence-corrected chi connectivity index (χ3v) is 8.04. The molecule has 9 heteroatoms. The predicted molar refractivity (Wildman–Crippen MR) is 150 cm³/mol. The summed E-state index contributed by atoms with van der Waals surface area (Å²) in [5.74, 6) is 0.404. The molecule has 2 saturated heterocycles. The Kier molecular flexibility index (Phi) is 9.71. The fourth-order valence-corrected chi connectivity index (χ4v) is 5.59. The summed E-state index contributed by atoms with van der Waals surface area (Å²) in [5, 5.41) is 4.15. The van der Waals surface area contributed by atoms with Crippen molar-refractivity contribution >= 4 is 40.7 Å². The molecule has 2 amide bonds. The van der Waals surface area contributed by atoms with Gasteiger partial charge < -0.3 is 25.8 Å². The number of nitrogens with one attached hydrogen (secondary N) is 1. The Bertz CT molecular complexity index is 1090. The van der Waals surface area contributed by atoms with Crippen molar-refractivity contribution in [3.63, 3.8) is 0 Å². The summed E-state index contributed by atoms with van der Waals surface area (Å²) in [7, 11) is 0. The molecule has 2 unspecified atom stereocenters. The lowest BCUT2D eigenvalue weighted by atomic mass is 9.99. The highest BCUT2D eigenvalue weighted by Crippen LogP contribution is 2.27. The molecule has 2 aromatic carbocycles. The van der Waals surface area contributed by atoms with Gasteiger partial charge >= 0.3 is 0 Å². The number of nitrogens with two attached hydrogens (primary N) is 1. The maximum absolute atomic E-state index is 13.9. The van der Waals surface area contributed by atoms with Crippen molar-refractivity contribution < 1.29 is 9.59 Å². The van der Waals surface area contributed by atoms with Gasteiger partial charge in [0.2, 0.25) is 11.8 Å². The molecule has 2 aliphatic heterocycles. The Morgan fingerprint density at radius 3 is 2.51 bits per heavy atom. The summed E-state index contributed by atoms with van der Waals surface area (Å²) in [6, 6.07) is 13.2. The van der Waals surface area contributed by atoms with Gasteiger partial charge in [0.05, 0.1) is 6.54 Å². The highest BCUT2D eigenvalue weighted by Gasteiger charge is 2.36. The third kappa shape index (κ3) is 6.96. The van der Waals surface area contributed by atoms with Crippen LogP contribution in [-0.4, -0.2) is 80.0 Å². The summed E-state index contributed by atoms with van der Waals surface area (Å²) in [6.45, 7) is 7.00. The third-order valence-electron chi connectivity index (χ3n) is 7.45. The number of hydrogen-bond acceptors (Lipinski definition) is 5. The van der Waals surface area contributed by atoms with Gasteiger partial charge in [-0.1, -0.05) is 54.4 Å². The van der Waals surface area contributed by atoms with Crippen molar-refractivity contribution in [2.45, 2.75) is 32.2 Å². The number of amides is 2. The first-order valence-electron chi connectivity index (χ1n) is 13.1. The SMILES string of the molecule is CC(CN)CCc1ccccc1N1CCN(C(=O)C(Cc2ccc(Cl)cc2Cl)N2CCNCC2=O)CC1. The number of nitrogens with zero attached hydrogens (tertiary/aromatic N) is 3. The van der Waals surface area contributed by atoms with E-state index in [2.05, 4.69) is 41.4 Å². The Morgan fingerprint density at radius 2 is 1.81 bits per heavy atom. The van der Waals surface area contributed by atoms with Crippen LogP contribution in [-0.2, 0) is 22.4 Å². The van der Waals surface area contributed by atoms with E-state index in [1.807, 2.05) is 11.0 Å². The van der Waals surface area contributed by atoms with Crippen molar-refractivity contribution in [3.8, 4) is 0 Å². The van der Waals surface area contributed by atoms with E-state index in [-0.39, 0.29) is 18.4 Å². The summed E-state index contributed by atoms with van der Waals surface area (Å²) >= 11 is 12.5. The van der Waals surface area contributed by atoms with Gasteiger partial charge in [-0.15, -0.1) is 0 Å². The molecular formula is C28H37Cl2N5O2. The maximum atomic E-state index is 13.9. The molecule has 0 aliphatic carbocycles. The Hall–Kier alpha value is -2.32. The monoisotopic (exact) mass is 545 g/mol. The molecule has 0 aromatic heterocycles. The first-order valence-corrected chi connectivity index (χ1v) is 13.9. The van der Waals surface area contributed by atoms with Crippen LogP contribution >= 0.6 is 23.2 Å². The second kappa shape index (κ2) is 13.0. The van der Waals surface area contributed by atoms with E-state index >= 15 is 0 Å². The van der Waals surface area contributed by atoms with E-state index in [0.717, 1.165) is 31.5 Å². The van der Waals surface area contributed by atoms with E-state index in [1.165, 1.54) is 11.3 Å². The van der Waals surface area contributed by atoms with E-state index in [9.17, 15) is 9.59 Å². The van der Waals surface area contributed by atoms with Crippen LogP contribution < -0.4 is 16.0 Å². The number of rotatable bonds is 9. The van der Waals surface area contributed by atoms with Crippen LogP contribution in [0.25, 0.3) is 0 Å². The summed E-state index contributed by atoms with van der Waals surface area (Å²) in [6.07, 6.45) is 2.41. The molecule has 2 fully saturated rings. The number of anilines is 1. The predicted octanol–water partition coefficient (Wildman–Crippen LogP) is 3.21. The minimum absolute atomic E-state index is 0.0222. The van der Waals surface area contributed by atoms with Gasteiger partial charge in [-0.05, 0) is 54.6 Å². The maximum Gasteiger partial charge on any atom is 0.245 e. The molecule has 3 N–H and O–H groups in total. The minimum atomic E-state index is -0.593. The smallest absolute Gasteiger partial charge is 0.245 e. The molecule has 0 saturated carbocycles. The van der Waals surface area contributed by atoms with Gasteiger partial charge in [0.1, 0.15) is 6.04 Å². The molecule has 4 rings (SSSR count). The van der Waals surface area contributed by atoms with Crippen LogP contribution in [0.4, 0.5) is 5.69 Å². The molecule has 2 heterocycles. The van der Waals surface area contributed by atoms with Crippen LogP contribution in [0.2, 0.25) is 10.0 Å². The fourth-order valence-electron chi connectivity index (χ4n) is 5.11. The Morgan fingerprint density at radius 1 is 1.05 bits per heavy atom. The second-order valence-electron chi connectivity index (χ2n) is 10.0. The van der Waals surface area contributed by atoms with Crippen LogP contribution in [0.15, 0.2) is 42.5 Å². The molecule has 0 spiro atoms. The van der Waals surface area contributed by atoms with Crippen LogP contribution in [0, 0.1) is 5.92 Å². The zero-order valence-corrected chi connectivity index (χ0v) is 23.0. The van der Waals surface area contributed by atoms with E-state index in [1.54, 1.807) is 17.0 Å². The standard InChI is InChI=1S/C28H37Cl2N5O2/c1-20(18-31)6-7-21-4-2-3-5-25(21)33-12-14-34(15-13-33)28(37)26(35-11-10-32-19-27(35)36)16-22-8-9-23(29)17-24(22)30/h2-5,8-9,17,20,26,32H,6-7,10-16,18-19,31H2,1H3. The van der Waals surface area contributed by atoms with Crippen molar-refractivity contribution in [2.75, 3.05) is 57.3 Å². The number of piperazine rings is 2. The molecule has 7 nitrogen and oxygen atoms in total. The van der Waals surface area contributed by atoms with Gasteiger partial charge in [-0.25, -0.2) is 0 Å². The lowest BCUT2D eigenvalue weighted by Crippen LogP contribution is -2.60. The molecule has 0 radical (unpaired) electrons. The average Bonchev–Trinajstić information content (AvgIpc) is 2.92. The highest BCUT2D eigenvalue weighted by molar-refractivity contribution is 6.35. The fraction of sp³-hybridized carbons (Fsp3) is 0.500. The lowest BCUT2D eigenvalue weighted by molar-refractivity contribution is -0.146. The van der Waals surface area contributed by atoms with E-state index in [4.69, 9.17) is 28.9 Å². The number of carbonyl (C=O) groups is 2. The first kappa shape index (κ1) is 27.7. The average molecular weight is 547 g/mol. The number of aryl methyl sites for hydroxylation is 1. The lowest BCUT2D eigenvalue weighted by Gasteiger charge is -2.41. The van der Waals surface area contributed by atoms with Gasteiger partial charge in [-0.3, -0.25) is 9.59 Å². The zero-order chi connectivity index (χ0) is 26.4. The van der Waals surface area contributed by atoms with Crippen molar-refractivity contribution in [1.82, 2.24) is 15.1 Å². The van der Waals surface area contributed by atoms with Crippen molar-refractivity contribution in [2.24, 2.45) is 11.7 Å². The molecule has 2 aliphatic rings. The summed E-state index contributed by atoms with van der Waals surface area (Å²) in [5.41, 5.74) is 9.20. The normalized spacial score (nSPS) is 18.2. The molecule has 2 aromatic rings. The Balaban J connectivity index is 1.46. The Labute approximate surface area is 229 Å². The minimum Gasteiger partial charge on any atom is -0.368 e. The van der Waals surface area contributed by atoms with Gasteiger partial charge in [-0.2, -0.15) is 0 Å². The molecule has 2 atom stereocenters. The van der Waals surface area contributed by atoms with E-state index in [0.29, 0.717) is 55.1 Å². The molecule has 0 bridgehead atoms. The second-order valence-corrected chi connectivity index (χ2v) is 10.9. The van der Waals surface area contributed by atoms with Crippen LogP contribution in [0.5, 0.6) is 0 Å². The number of carbonyl (C=O) groups excluding carboxylic acids is 2. The van der Waals surface area contributed by atoms with Gasteiger partial charge in [0.15, 0.2) is 0 Å². The highest BCUT2D eigenvalue weighted by atomic mass is 35.5. The van der Waals surface area contributed by atoms with E-state index < -0.39 is 6.04 Å². The topological polar surface area (TPSA) is 81.9 Å². The van der Waals surface area contributed by atoms with Crippen molar-refractivity contribution in [3.05, 3.63) is 63.6 Å². The molecule has 200 valence electrons. The largest absolute Gasteiger partial charge is 0.368 e. The van der Waals surface area contributed by atoms with Crippen LogP contribution in [0.3, 0.4) is 0 Å². The molecule has 37 heavy (non-hydrogen) atoms. The zero-order valence-electron chi connectivity index (χ0n) is 21.5. The molecular weight excluding hydrogens is 509 g/mol. The number of halogens is 2.